The fraction of sp³-hybridized carbons (Fsp3) is 0. The Morgan fingerprint density at radius 3 is 2.45 bits per heavy atom. The predicted octanol–water partition coefficient (Wildman–Crippen LogP) is 3.16. The van der Waals surface area contributed by atoms with E-state index in [9.17, 15) is 9.18 Å². The van der Waals surface area contributed by atoms with Crippen LogP contribution in [0, 0.1) is 5.82 Å². The van der Waals surface area contributed by atoms with Gasteiger partial charge < -0.3 is 0 Å². The van der Waals surface area contributed by atoms with Crippen LogP contribution >= 0.6 is 31.9 Å². The van der Waals surface area contributed by atoms with Crippen LogP contribution in [0.1, 0.15) is 10.4 Å². The molecule has 0 radical (unpaired) electrons. The average Bonchev–Trinajstić information content (AvgIpc) is 1.99. The maximum absolute atomic E-state index is 12.7. The number of aldehydes is 1. The van der Waals surface area contributed by atoms with Crippen LogP contribution in [0.15, 0.2) is 21.1 Å². The molecule has 0 aliphatic carbocycles. The molecule has 1 nitrogen and oxygen atoms in total. The molecule has 0 N–H and O–H groups in total. The van der Waals surface area contributed by atoms with Gasteiger partial charge in [0.05, 0.1) is 4.47 Å². The predicted molar refractivity (Wildman–Crippen MR) is 47.2 cm³/mol. The number of carbonyl (C=O) groups excluding carboxylic acids is 1. The summed E-state index contributed by atoms with van der Waals surface area (Å²) in [6, 6.07) is 2.77. The van der Waals surface area contributed by atoms with E-state index in [-0.39, 0.29) is 4.47 Å². The molecule has 0 aromatic heterocycles. The molecule has 1 aromatic rings. The minimum Gasteiger partial charge on any atom is -0.298 e. The molecule has 0 saturated carbocycles. The zero-order chi connectivity index (χ0) is 8.43. The molecule has 0 saturated heterocycles. The first kappa shape index (κ1) is 8.87. The maximum atomic E-state index is 12.7. The van der Waals surface area contributed by atoms with Crippen molar-refractivity contribution in [1.29, 1.82) is 0 Å². The van der Waals surface area contributed by atoms with Crippen molar-refractivity contribution < 1.29 is 9.18 Å². The van der Waals surface area contributed by atoms with Gasteiger partial charge in [-0.25, -0.2) is 4.39 Å². The Hall–Kier alpha value is -0.220. The summed E-state index contributed by atoms with van der Waals surface area (Å²) in [7, 11) is 0. The summed E-state index contributed by atoms with van der Waals surface area (Å²) in [4.78, 5) is 10.4. The standard InChI is InChI=1S/C7H3Br2FO/c8-5-1-2-6(10)7(9)4(5)3-11/h1-3H. The van der Waals surface area contributed by atoms with E-state index < -0.39 is 5.82 Å². The molecule has 0 aliphatic rings. The fourth-order valence-electron chi connectivity index (χ4n) is 0.651. The molecule has 1 rings (SSSR count). The van der Waals surface area contributed by atoms with Gasteiger partial charge in [-0.05, 0) is 28.1 Å². The van der Waals surface area contributed by atoms with Crippen LogP contribution in [-0.2, 0) is 0 Å². The van der Waals surface area contributed by atoms with Gasteiger partial charge in [0.2, 0.25) is 0 Å². The van der Waals surface area contributed by atoms with Crippen LogP contribution < -0.4 is 0 Å². The van der Waals surface area contributed by atoms with Gasteiger partial charge in [-0.1, -0.05) is 15.9 Å². The van der Waals surface area contributed by atoms with E-state index in [1.165, 1.54) is 12.1 Å². The molecule has 0 aliphatic heterocycles. The Balaban J connectivity index is 3.40. The smallest absolute Gasteiger partial charge is 0.152 e. The van der Waals surface area contributed by atoms with Crippen LogP contribution in [0.5, 0.6) is 0 Å². The van der Waals surface area contributed by atoms with Crippen molar-refractivity contribution in [3.8, 4) is 0 Å². The zero-order valence-corrected chi connectivity index (χ0v) is 8.45. The monoisotopic (exact) mass is 280 g/mol. The second-order valence-electron chi connectivity index (χ2n) is 1.87. The van der Waals surface area contributed by atoms with Crippen molar-refractivity contribution in [3.05, 3.63) is 32.5 Å². The van der Waals surface area contributed by atoms with Crippen molar-refractivity contribution in [2.24, 2.45) is 0 Å². The van der Waals surface area contributed by atoms with Crippen LogP contribution in [-0.4, -0.2) is 6.29 Å². The van der Waals surface area contributed by atoms with Gasteiger partial charge in [0.1, 0.15) is 5.82 Å². The van der Waals surface area contributed by atoms with Gasteiger partial charge in [-0.15, -0.1) is 0 Å². The summed E-state index contributed by atoms with van der Waals surface area (Å²) in [5.74, 6) is -0.435. The Morgan fingerprint density at radius 2 is 2.00 bits per heavy atom. The van der Waals surface area contributed by atoms with Crippen LogP contribution in [0.2, 0.25) is 0 Å². The number of halogens is 3. The Morgan fingerprint density at radius 1 is 1.36 bits per heavy atom. The molecule has 0 heterocycles. The lowest BCUT2D eigenvalue weighted by atomic mass is 10.2. The summed E-state index contributed by atoms with van der Waals surface area (Å²) >= 11 is 6.07. The van der Waals surface area contributed by atoms with Crippen molar-refractivity contribution >= 4 is 38.1 Å². The number of carbonyl (C=O) groups is 1. The maximum Gasteiger partial charge on any atom is 0.152 e. The largest absolute Gasteiger partial charge is 0.298 e. The first-order valence-corrected chi connectivity index (χ1v) is 4.34. The highest BCUT2D eigenvalue weighted by molar-refractivity contribution is 9.11. The third-order valence-electron chi connectivity index (χ3n) is 1.20. The minimum atomic E-state index is -0.435. The third kappa shape index (κ3) is 1.68. The lowest BCUT2D eigenvalue weighted by Crippen LogP contribution is -1.87. The molecule has 1 aromatic carbocycles. The van der Waals surface area contributed by atoms with E-state index in [0.29, 0.717) is 16.3 Å². The van der Waals surface area contributed by atoms with Crippen LogP contribution in [0.4, 0.5) is 4.39 Å². The Bertz CT molecular complexity index is 299. The SMILES string of the molecule is O=Cc1c(Br)ccc(F)c1Br. The molecule has 58 valence electrons. The molecular formula is C7H3Br2FO. The summed E-state index contributed by atoms with van der Waals surface area (Å²) in [5, 5.41) is 0. The van der Waals surface area contributed by atoms with Crippen molar-refractivity contribution in [1.82, 2.24) is 0 Å². The number of hydrogen-bond acceptors (Lipinski definition) is 1. The van der Waals surface area contributed by atoms with E-state index in [2.05, 4.69) is 31.9 Å². The lowest BCUT2D eigenvalue weighted by Gasteiger charge is -1.99. The zero-order valence-electron chi connectivity index (χ0n) is 5.27. The molecular weight excluding hydrogens is 279 g/mol. The highest BCUT2D eigenvalue weighted by Gasteiger charge is 2.07. The topological polar surface area (TPSA) is 17.1 Å². The molecule has 0 unspecified atom stereocenters. The van der Waals surface area contributed by atoms with E-state index in [0.717, 1.165) is 0 Å². The van der Waals surface area contributed by atoms with Crippen molar-refractivity contribution in [2.75, 3.05) is 0 Å². The van der Waals surface area contributed by atoms with E-state index in [1.54, 1.807) is 0 Å². The average molecular weight is 282 g/mol. The van der Waals surface area contributed by atoms with Gasteiger partial charge in [-0.3, -0.25) is 4.79 Å². The highest BCUT2D eigenvalue weighted by Crippen LogP contribution is 2.25. The first-order valence-electron chi connectivity index (χ1n) is 2.75. The van der Waals surface area contributed by atoms with Gasteiger partial charge in [0.25, 0.3) is 0 Å². The molecule has 0 spiro atoms. The Labute approximate surface area is 79.9 Å². The van der Waals surface area contributed by atoms with Gasteiger partial charge in [0.15, 0.2) is 6.29 Å². The number of rotatable bonds is 1. The van der Waals surface area contributed by atoms with Gasteiger partial charge >= 0.3 is 0 Å². The van der Waals surface area contributed by atoms with Crippen LogP contribution in [0.25, 0.3) is 0 Å². The Kier molecular flexibility index (Phi) is 2.78. The molecule has 4 heteroatoms. The normalized spacial score (nSPS) is 9.73. The minimum absolute atomic E-state index is 0.196. The van der Waals surface area contributed by atoms with Crippen molar-refractivity contribution in [2.45, 2.75) is 0 Å². The molecule has 0 bridgehead atoms. The van der Waals surface area contributed by atoms with Gasteiger partial charge in [-0.2, -0.15) is 0 Å². The molecule has 0 atom stereocenters. The van der Waals surface area contributed by atoms with E-state index in [1.807, 2.05) is 0 Å². The second kappa shape index (κ2) is 3.45. The summed E-state index contributed by atoms with van der Waals surface area (Å²) < 4.78 is 13.5. The summed E-state index contributed by atoms with van der Waals surface area (Å²) in [6.45, 7) is 0. The summed E-state index contributed by atoms with van der Waals surface area (Å²) in [6.07, 6.45) is 0.594. The van der Waals surface area contributed by atoms with E-state index in [4.69, 9.17) is 0 Å². The second-order valence-corrected chi connectivity index (χ2v) is 3.52. The third-order valence-corrected chi connectivity index (χ3v) is 2.69. The lowest BCUT2D eigenvalue weighted by molar-refractivity contribution is 0.112. The molecule has 11 heavy (non-hydrogen) atoms. The molecule has 0 fully saturated rings. The number of hydrogen-bond donors (Lipinski definition) is 0. The summed E-state index contributed by atoms with van der Waals surface area (Å²) in [5.41, 5.74) is 0.296. The highest BCUT2D eigenvalue weighted by atomic mass is 79.9. The fourth-order valence-corrected chi connectivity index (χ4v) is 1.78. The number of benzene rings is 1. The first-order chi connectivity index (χ1) is 5.16. The van der Waals surface area contributed by atoms with Crippen LogP contribution in [0.3, 0.4) is 0 Å². The van der Waals surface area contributed by atoms with E-state index >= 15 is 0 Å². The quantitative estimate of drug-likeness (QED) is 0.571. The van der Waals surface area contributed by atoms with Crippen molar-refractivity contribution in [3.63, 3.8) is 0 Å². The molecule has 0 amide bonds. The van der Waals surface area contributed by atoms with Gasteiger partial charge in [0, 0.05) is 10.0 Å².